The number of carbonyl (C=O) groups excluding carboxylic acids is 2. The Morgan fingerprint density at radius 2 is 0.929 bits per heavy atom. The fourth-order valence-corrected chi connectivity index (χ4v) is 3.42. The number of benzene rings is 2. The standard InChI is InChI=1S/2C10H12Cl2N.C6H14.2C2H4O2.2Pd/c2*1-7(13(2)3)9-6-8(11)4-5-10(9)12;1-3-5-6-4-2;2*1-2(3)4;;/h2*4-5,7H,1-3H3;3-6H2,1-2H3;2*1H3,(H,3,4);;/q2*-1;;;;2*+2/p-2/t2*7-;;;;;/m11...../s1. The summed E-state index contributed by atoms with van der Waals surface area (Å²) in [6.45, 7) is 10.5. The molecular weight excluding hydrogens is 807 g/mol. The Kier molecular flexibility index (Phi) is 37.7. The number of hydrogen-bond donors (Lipinski definition) is 0. The summed E-state index contributed by atoms with van der Waals surface area (Å²) in [5.41, 5.74) is 1.89. The van der Waals surface area contributed by atoms with Crippen molar-refractivity contribution in [2.75, 3.05) is 28.2 Å². The molecule has 246 valence electrons. The molecule has 0 saturated carbocycles. The van der Waals surface area contributed by atoms with E-state index in [-0.39, 0.29) is 52.9 Å². The van der Waals surface area contributed by atoms with Gasteiger partial charge in [0.15, 0.2) is 0 Å². The average Bonchev–Trinajstić information content (AvgIpc) is 2.84. The minimum Gasteiger partial charge on any atom is -0.550 e. The predicted molar refractivity (Wildman–Crippen MR) is 166 cm³/mol. The zero-order chi connectivity index (χ0) is 32.0. The van der Waals surface area contributed by atoms with Gasteiger partial charge in [0.25, 0.3) is 0 Å². The summed E-state index contributed by atoms with van der Waals surface area (Å²) in [7, 11) is 7.98. The van der Waals surface area contributed by atoms with Crippen LogP contribution in [-0.4, -0.2) is 49.9 Å². The van der Waals surface area contributed by atoms with Gasteiger partial charge in [0.1, 0.15) is 0 Å². The Morgan fingerprint density at radius 1 is 0.690 bits per heavy atom. The van der Waals surface area contributed by atoms with Gasteiger partial charge in [0, 0.05) is 24.0 Å². The zero-order valence-corrected chi connectivity index (χ0v) is 32.1. The minimum atomic E-state index is -1.08. The van der Waals surface area contributed by atoms with Gasteiger partial charge in [-0.2, -0.15) is 59.6 Å². The van der Waals surface area contributed by atoms with Gasteiger partial charge >= 0.3 is 40.8 Å². The van der Waals surface area contributed by atoms with Gasteiger partial charge < -0.3 is 29.6 Å². The topological polar surface area (TPSA) is 86.7 Å². The molecule has 2 atom stereocenters. The third-order valence-electron chi connectivity index (χ3n) is 5.12. The van der Waals surface area contributed by atoms with E-state index in [1.807, 2.05) is 28.2 Å². The molecule has 0 amide bonds. The van der Waals surface area contributed by atoms with Crippen molar-refractivity contribution in [2.24, 2.45) is 0 Å². The average molecular weight is 851 g/mol. The summed E-state index contributed by atoms with van der Waals surface area (Å²) in [5, 5.41) is 20.4. The molecular formula is C30H44Cl4N2O4Pd2. The van der Waals surface area contributed by atoms with Crippen LogP contribution < -0.4 is 10.2 Å². The van der Waals surface area contributed by atoms with Crippen molar-refractivity contribution in [1.82, 2.24) is 9.80 Å². The van der Waals surface area contributed by atoms with Gasteiger partial charge in [-0.1, -0.05) is 59.6 Å². The molecule has 0 aliphatic carbocycles. The smallest absolute Gasteiger partial charge is 0.550 e. The zero-order valence-electron chi connectivity index (χ0n) is 26.0. The van der Waals surface area contributed by atoms with E-state index < -0.39 is 11.9 Å². The third-order valence-corrected chi connectivity index (χ3v) is 6.22. The van der Waals surface area contributed by atoms with Crippen molar-refractivity contribution >= 4 is 58.3 Å². The summed E-state index contributed by atoms with van der Waals surface area (Å²) in [6.07, 6.45) is 5.54. The molecule has 2 aromatic carbocycles. The first-order valence-corrected chi connectivity index (χ1v) is 14.4. The summed E-state index contributed by atoms with van der Waals surface area (Å²) in [4.78, 5) is 21.9. The molecule has 0 spiro atoms. The van der Waals surface area contributed by atoms with Crippen LogP contribution >= 0.6 is 46.4 Å². The van der Waals surface area contributed by atoms with Crippen molar-refractivity contribution in [1.29, 1.82) is 0 Å². The number of carbonyl (C=O) groups is 2. The van der Waals surface area contributed by atoms with E-state index >= 15 is 0 Å². The number of unbranched alkanes of at least 4 members (excludes halogenated alkanes) is 3. The number of rotatable bonds is 7. The van der Waals surface area contributed by atoms with E-state index in [0.717, 1.165) is 25.0 Å². The molecule has 0 heterocycles. The molecule has 6 nitrogen and oxygen atoms in total. The fourth-order valence-electron chi connectivity index (χ4n) is 2.56. The van der Waals surface area contributed by atoms with Crippen LogP contribution in [0, 0.1) is 12.1 Å². The first-order valence-electron chi connectivity index (χ1n) is 12.8. The molecule has 0 N–H and O–H groups in total. The van der Waals surface area contributed by atoms with Crippen molar-refractivity contribution in [3.05, 3.63) is 67.6 Å². The number of hydrogen-bond acceptors (Lipinski definition) is 6. The molecule has 0 aliphatic rings. The Morgan fingerprint density at radius 3 is 1.12 bits per heavy atom. The quantitative estimate of drug-likeness (QED) is 0.171. The second kappa shape index (κ2) is 30.8. The van der Waals surface area contributed by atoms with Crippen LogP contribution in [-0.2, 0) is 50.4 Å². The molecule has 2 rings (SSSR count). The molecule has 0 aliphatic heterocycles. The summed E-state index contributed by atoms with van der Waals surface area (Å²) >= 11 is 23.7. The summed E-state index contributed by atoms with van der Waals surface area (Å²) in [5.74, 6) is -2.17. The van der Waals surface area contributed by atoms with Gasteiger partial charge in [-0.15, -0.1) is 34.3 Å². The second-order valence-electron chi connectivity index (χ2n) is 9.11. The van der Waals surface area contributed by atoms with Crippen molar-refractivity contribution < 1.29 is 60.6 Å². The van der Waals surface area contributed by atoms with Gasteiger partial charge in [-0.05, 0) is 55.9 Å². The first kappa shape index (κ1) is 51.4. The number of aliphatic carboxylic acids is 2. The Balaban J connectivity index is -0.000000147. The van der Waals surface area contributed by atoms with Crippen molar-refractivity contribution in [3.8, 4) is 0 Å². The molecule has 0 radical (unpaired) electrons. The normalized spacial score (nSPS) is 10.8. The van der Waals surface area contributed by atoms with Crippen molar-refractivity contribution in [3.63, 3.8) is 0 Å². The van der Waals surface area contributed by atoms with E-state index in [1.54, 1.807) is 24.3 Å². The van der Waals surface area contributed by atoms with Crippen LogP contribution in [0.15, 0.2) is 24.3 Å². The number of carboxylic acids is 2. The van der Waals surface area contributed by atoms with E-state index in [9.17, 15) is 0 Å². The van der Waals surface area contributed by atoms with E-state index in [2.05, 4.69) is 49.6 Å². The van der Waals surface area contributed by atoms with Gasteiger partial charge in [-0.3, -0.25) is 0 Å². The molecule has 0 bridgehead atoms. The maximum Gasteiger partial charge on any atom is 2.00 e. The molecule has 12 heteroatoms. The van der Waals surface area contributed by atoms with Crippen LogP contribution in [0.4, 0.5) is 0 Å². The first-order chi connectivity index (χ1) is 18.4. The van der Waals surface area contributed by atoms with E-state index in [1.165, 1.54) is 25.7 Å². The molecule has 42 heavy (non-hydrogen) atoms. The van der Waals surface area contributed by atoms with E-state index in [0.29, 0.717) is 20.1 Å². The molecule has 0 saturated heterocycles. The van der Waals surface area contributed by atoms with Crippen LogP contribution in [0.25, 0.3) is 0 Å². The molecule has 2 aromatic rings. The van der Waals surface area contributed by atoms with Crippen molar-refractivity contribution in [2.45, 2.75) is 79.3 Å². The Labute approximate surface area is 301 Å². The minimum absolute atomic E-state index is 0. The number of carboxylic acid groups (broad SMARTS) is 2. The maximum absolute atomic E-state index is 8.89. The Bertz CT molecular complexity index is 899. The van der Waals surface area contributed by atoms with Crippen LogP contribution in [0.5, 0.6) is 0 Å². The third kappa shape index (κ3) is 29.8. The predicted octanol–water partition coefficient (Wildman–Crippen LogP) is 6.93. The van der Waals surface area contributed by atoms with Gasteiger partial charge in [-0.25, -0.2) is 0 Å². The second-order valence-corrected chi connectivity index (χ2v) is 10.7. The largest absolute Gasteiger partial charge is 2.00 e. The number of halogens is 4. The van der Waals surface area contributed by atoms with Gasteiger partial charge in [0.2, 0.25) is 0 Å². The van der Waals surface area contributed by atoms with Crippen LogP contribution in [0.3, 0.4) is 0 Å². The molecule has 0 aromatic heterocycles. The maximum atomic E-state index is 8.89. The van der Waals surface area contributed by atoms with E-state index in [4.69, 9.17) is 66.2 Å². The Hall–Kier alpha value is -0.215. The van der Waals surface area contributed by atoms with Crippen LogP contribution in [0.1, 0.15) is 90.4 Å². The fraction of sp³-hybridized carbons (Fsp3) is 0.533. The van der Waals surface area contributed by atoms with Gasteiger partial charge in [0.05, 0.1) is 0 Å². The summed E-state index contributed by atoms with van der Waals surface area (Å²) < 4.78 is 0. The monoisotopic (exact) mass is 848 g/mol. The molecule has 0 fully saturated rings. The van der Waals surface area contributed by atoms with Crippen LogP contribution in [0.2, 0.25) is 20.1 Å². The summed E-state index contributed by atoms with van der Waals surface area (Å²) in [6, 6.07) is 13.6. The number of nitrogens with zero attached hydrogens (tertiary/aromatic N) is 2. The molecule has 0 unspecified atom stereocenters. The SMILES string of the molecule is CC(=O)[O-].CC(=O)[O-].CCCCCC.C[C@H](c1[c-]c(Cl)ccc1Cl)N(C)C.C[C@H](c1[c-]c(Cl)ccc1Cl)N(C)C.[Pd+2].[Pd+2].